The van der Waals surface area contributed by atoms with Crippen LogP contribution in [0.5, 0.6) is 5.75 Å². The average molecular weight is 372 g/mol. The van der Waals surface area contributed by atoms with Gasteiger partial charge in [-0.1, -0.05) is 0 Å². The molecule has 26 heavy (non-hydrogen) atoms. The van der Waals surface area contributed by atoms with Crippen molar-refractivity contribution in [3.63, 3.8) is 0 Å². The number of anilines is 1. The summed E-state index contributed by atoms with van der Waals surface area (Å²) in [7, 11) is 0. The molecule has 1 aliphatic heterocycles. The van der Waals surface area contributed by atoms with Crippen LogP contribution in [-0.2, 0) is 11.2 Å². The predicted molar refractivity (Wildman–Crippen MR) is 102 cm³/mol. The zero-order valence-corrected chi connectivity index (χ0v) is 15.3. The van der Waals surface area contributed by atoms with Crippen LogP contribution in [-0.4, -0.2) is 29.7 Å². The first kappa shape index (κ1) is 18.3. The number of non-ortho nitro benzene ring substituents is 1. The first-order chi connectivity index (χ1) is 12.6. The number of hydrogen-bond donors (Lipinski definition) is 0. The van der Waals surface area contributed by atoms with Crippen molar-refractivity contribution >= 4 is 29.0 Å². The minimum Gasteiger partial charge on any atom is -0.494 e. The third-order valence-corrected chi connectivity index (χ3v) is 5.19. The number of hydrogen-bond acceptors (Lipinski definition) is 5. The largest absolute Gasteiger partial charge is 0.494 e. The Balaban J connectivity index is 1.66. The molecule has 3 rings (SSSR count). The Labute approximate surface area is 156 Å². The second kappa shape index (κ2) is 8.23. The lowest BCUT2D eigenvalue weighted by Gasteiger charge is -2.29. The van der Waals surface area contributed by atoms with Crippen LogP contribution < -0.4 is 9.64 Å². The van der Waals surface area contributed by atoms with Gasteiger partial charge in [0.2, 0.25) is 5.91 Å². The van der Waals surface area contributed by atoms with Crippen molar-refractivity contribution in [2.45, 2.75) is 24.7 Å². The van der Waals surface area contributed by atoms with Gasteiger partial charge in [-0.3, -0.25) is 14.9 Å². The zero-order chi connectivity index (χ0) is 18.5. The summed E-state index contributed by atoms with van der Waals surface area (Å²) in [5.41, 5.74) is 1.73. The number of ether oxygens (including phenoxy) is 1. The van der Waals surface area contributed by atoms with E-state index in [0.717, 1.165) is 34.7 Å². The highest BCUT2D eigenvalue weighted by Gasteiger charge is 2.24. The average Bonchev–Trinajstić information content (AvgIpc) is 2.66. The lowest BCUT2D eigenvalue weighted by Crippen LogP contribution is -2.36. The quantitative estimate of drug-likeness (QED) is 0.434. The summed E-state index contributed by atoms with van der Waals surface area (Å²) in [5.74, 6) is 1.15. The molecule has 0 spiro atoms. The van der Waals surface area contributed by atoms with Gasteiger partial charge in [0.25, 0.3) is 5.69 Å². The normalized spacial score (nSPS) is 13.2. The molecule has 0 N–H and O–H groups in total. The van der Waals surface area contributed by atoms with E-state index in [4.69, 9.17) is 4.74 Å². The Morgan fingerprint density at radius 3 is 2.73 bits per heavy atom. The van der Waals surface area contributed by atoms with Crippen LogP contribution in [0.1, 0.15) is 18.9 Å². The van der Waals surface area contributed by atoms with Crippen molar-refractivity contribution in [3.8, 4) is 5.75 Å². The fourth-order valence-electron chi connectivity index (χ4n) is 2.98. The Morgan fingerprint density at radius 1 is 1.27 bits per heavy atom. The first-order valence-electron chi connectivity index (χ1n) is 8.52. The molecule has 0 saturated heterocycles. The van der Waals surface area contributed by atoms with E-state index in [1.807, 2.05) is 31.2 Å². The van der Waals surface area contributed by atoms with E-state index >= 15 is 0 Å². The highest BCUT2D eigenvalue weighted by Crippen LogP contribution is 2.31. The van der Waals surface area contributed by atoms with Crippen molar-refractivity contribution < 1.29 is 14.5 Å². The monoisotopic (exact) mass is 372 g/mol. The Bertz CT molecular complexity index is 808. The van der Waals surface area contributed by atoms with Crippen molar-refractivity contribution in [2.24, 2.45) is 0 Å². The fraction of sp³-hybridized carbons (Fsp3) is 0.316. The molecule has 7 heteroatoms. The van der Waals surface area contributed by atoms with Crippen molar-refractivity contribution in [1.82, 2.24) is 0 Å². The molecule has 0 saturated carbocycles. The maximum absolute atomic E-state index is 12.7. The Hall–Kier alpha value is -2.54. The molecule has 2 aromatic rings. The summed E-state index contributed by atoms with van der Waals surface area (Å²) in [6.07, 6.45) is 1.57. The van der Waals surface area contributed by atoms with Crippen molar-refractivity contribution in [3.05, 3.63) is 58.1 Å². The summed E-state index contributed by atoms with van der Waals surface area (Å²) >= 11 is 1.48. The minimum absolute atomic E-state index is 0.0127. The van der Waals surface area contributed by atoms with Crippen LogP contribution in [0.3, 0.4) is 0 Å². The van der Waals surface area contributed by atoms with Crippen LogP contribution in [0.15, 0.2) is 47.4 Å². The maximum Gasteiger partial charge on any atom is 0.269 e. The molecule has 1 amide bonds. The van der Waals surface area contributed by atoms with Gasteiger partial charge in [0.15, 0.2) is 0 Å². The highest BCUT2D eigenvalue weighted by molar-refractivity contribution is 8.00. The van der Waals surface area contributed by atoms with E-state index < -0.39 is 4.92 Å². The van der Waals surface area contributed by atoms with Crippen LogP contribution in [0.25, 0.3) is 0 Å². The molecular formula is C19H20N2O4S. The first-order valence-corrected chi connectivity index (χ1v) is 9.50. The van der Waals surface area contributed by atoms with Gasteiger partial charge in [0, 0.05) is 29.3 Å². The second-order valence-electron chi connectivity index (χ2n) is 5.91. The summed E-state index contributed by atoms with van der Waals surface area (Å²) in [6.45, 7) is 3.21. The van der Waals surface area contributed by atoms with Gasteiger partial charge in [0.1, 0.15) is 5.75 Å². The van der Waals surface area contributed by atoms with Crippen LogP contribution in [0.2, 0.25) is 0 Å². The number of fused-ring (bicyclic) bond motifs is 1. The number of thioether (sulfide) groups is 1. The summed E-state index contributed by atoms with van der Waals surface area (Å²) < 4.78 is 5.41. The molecule has 0 bridgehead atoms. The third-order valence-electron chi connectivity index (χ3n) is 4.19. The standard InChI is InChI=1S/C19H20N2O4S/c1-2-25-16-6-8-17(9-7-16)26-13-19(22)20-11-3-4-14-12-15(21(23)24)5-10-18(14)20/h5-10,12H,2-4,11,13H2,1H3. The van der Waals surface area contributed by atoms with Crippen LogP contribution in [0, 0.1) is 10.1 Å². The van der Waals surface area contributed by atoms with Gasteiger partial charge >= 0.3 is 0 Å². The molecule has 0 unspecified atom stereocenters. The van der Waals surface area contributed by atoms with Crippen molar-refractivity contribution in [1.29, 1.82) is 0 Å². The maximum atomic E-state index is 12.7. The van der Waals surface area contributed by atoms with Gasteiger partial charge in [-0.2, -0.15) is 0 Å². The molecule has 1 heterocycles. The van der Waals surface area contributed by atoms with E-state index in [2.05, 4.69) is 0 Å². The van der Waals surface area contributed by atoms with Crippen LogP contribution >= 0.6 is 11.8 Å². The second-order valence-corrected chi connectivity index (χ2v) is 6.96. The molecule has 136 valence electrons. The predicted octanol–water partition coefficient (Wildman–Crippen LogP) is 4.07. The molecule has 0 aromatic heterocycles. The lowest BCUT2D eigenvalue weighted by molar-refractivity contribution is -0.384. The fourth-order valence-corrected chi connectivity index (χ4v) is 3.75. The number of rotatable bonds is 6. The SMILES string of the molecule is CCOc1ccc(SCC(=O)N2CCCc3cc([N+](=O)[O-])ccc32)cc1. The minimum atomic E-state index is -0.400. The van der Waals surface area contributed by atoms with E-state index in [0.29, 0.717) is 18.9 Å². The van der Waals surface area contributed by atoms with Gasteiger partial charge in [-0.25, -0.2) is 0 Å². The van der Waals surface area contributed by atoms with Gasteiger partial charge in [0.05, 0.1) is 17.3 Å². The number of benzene rings is 2. The highest BCUT2D eigenvalue weighted by atomic mass is 32.2. The number of carbonyl (C=O) groups excluding carboxylic acids is 1. The van der Waals surface area contributed by atoms with E-state index in [1.54, 1.807) is 17.0 Å². The number of amides is 1. The molecular weight excluding hydrogens is 352 g/mol. The summed E-state index contributed by atoms with van der Waals surface area (Å²) in [6, 6.07) is 12.4. The number of nitro benzene ring substituents is 1. The number of nitro groups is 1. The van der Waals surface area contributed by atoms with Gasteiger partial charge in [-0.05, 0) is 55.7 Å². The Kier molecular flexibility index (Phi) is 5.78. The molecule has 0 fully saturated rings. The molecule has 0 radical (unpaired) electrons. The third kappa shape index (κ3) is 4.16. The molecule has 1 aliphatic rings. The lowest BCUT2D eigenvalue weighted by atomic mass is 10.0. The van der Waals surface area contributed by atoms with E-state index in [1.165, 1.54) is 17.8 Å². The van der Waals surface area contributed by atoms with E-state index in [-0.39, 0.29) is 11.6 Å². The molecule has 0 aliphatic carbocycles. The van der Waals surface area contributed by atoms with Gasteiger partial charge in [-0.15, -0.1) is 11.8 Å². The topological polar surface area (TPSA) is 72.7 Å². The number of carbonyl (C=O) groups is 1. The van der Waals surface area contributed by atoms with Crippen LogP contribution in [0.4, 0.5) is 11.4 Å². The number of aryl methyl sites for hydroxylation is 1. The zero-order valence-electron chi connectivity index (χ0n) is 14.5. The van der Waals surface area contributed by atoms with Gasteiger partial charge < -0.3 is 9.64 Å². The molecule has 0 atom stereocenters. The van der Waals surface area contributed by atoms with E-state index in [9.17, 15) is 14.9 Å². The number of nitrogens with zero attached hydrogens (tertiary/aromatic N) is 2. The summed E-state index contributed by atoms with van der Waals surface area (Å²) in [5, 5.41) is 10.9. The smallest absolute Gasteiger partial charge is 0.269 e. The Morgan fingerprint density at radius 2 is 2.04 bits per heavy atom. The molecule has 2 aromatic carbocycles. The van der Waals surface area contributed by atoms with Crippen molar-refractivity contribution in [2.75, 3.05) is 23.8 Å². The molecule has 6 nitrogen and oxygen atoms in total. The summed E-state index contributed by atoms with van der Waals surface area (Å²) in [4.78, 5) is 26.0.